The molecule has 4 heteroatoms. The summed E-state index contributed by atoms with van der Waals surface area (Å²) in [6, 6.07) is 12.6. The van der Waals surface area contributed by atoms with Crippen LogP contribution < -0.4 is 9.30 Å². The van der Waals surface area contributed by atoms with Crippen LogP contribution in [-0.4, -0.2) is 4.98 Å². The molecule has 0 aliphatic carbocycles. The number of hydrogen-bond donors (Lipinski definition) is 0. The summed E-state index contributed by atoms with van der Waals surface area (Å²) in [5.41, 5.74) is 8.51. The van der Waals surface area contributed by atoms with E-state index in [0.717, 1.165) is 61.2 Å². The van der Waals surface area contributed by atoms with Gasteiger partial charge in [0, 0.05) is 16.3 Å². The summed E-state index contributed by atoms with van der Waals surface area (Å²) in [7, 11) is 2.06. The Morgan fingerprint density at radius 1 is 1.00 bits per heavy atom. The van der Waals surface area contributed by atoms with Gasteiger partial charge in [-0.05, 0) is 54.1 Å². The van der Waals surface area contributed by atoms with Crippen LogP contribution in [0.1, 0.15) is 36.5 Å². The maximum atomic E-state index is 6.60. The van der Waals surface area contributed by atoms with E-state index in [4.69, 9.17) is 14.1 Å². The Morgan fingerprint density at radius 2 is 1.80 bits per heavy atom. The molecule has 148 valence electrons. The molecular weight excluding hydrogens is 372 g/mol. The van der Waals surface area contributed by atoms with Crippen molar-refractivity contribution in [2.24, 2.45) is 7.05 Å². The molecule has 2 aromatic heterocycles. The van der Waals surface area contributed by atoms with Crippen LogP contribution in [0, 0.1) is 13.8 Å². The Labute approximate surface area is 174 Å². The molecule has 0 bridgehead atoms. The Hall–Kier alpha value is -3.40. The third-order valence-corrected chi connectivity index (χ3v) is 6.43. The number of aromatic nitrogens is 2. The number of hydrogen-bond acceptors (Lipinski definition) is 3. The Morgan fingerprint density at radius 3 is 2.60 bits per heavy atom. The van der Waals surface area contributed by atoms with Crippen molar-refractivity contribution in [1.82, 2.24) is 4.98 Å². The van der Waals surface area contributed by atoms with Crippen LogP contribution in [-0.2, 0) is 7.05 Å². The van der Waals surface area contributed by atoms with Crippen LogP contribution in [0.25, 0.3) is 44.1 Å². The van der Waals surface area contributed by atoms with Gasteiger partial charge in [-0.1, -0.05) is 32.0 Å². The molecular formula is C26H23N2O2+. The second kappa shape index (κ2) is 5.82. The maximum absolute atomic E-state index is 6.60. The maximum Gasteiger partial charge on any atom is 0.287 e. The predicted molar refractivity (Wildman–Crippen MR) is 119 cm³/mol. The first-order chi connectivity index (χ1) is 14.5. The summed E-state index contributed by atoms with van der Waals surface area (Å²) in [5.74, 6) is 2.16. The molecule has 0 N–H and O–H groups in total. The first-order valence-corrected chi connectivity index (χ1v) is 10.4. The summed E-state index contributed by atoms with van der Waals surface area (Å²) in [5, 5.41) is 3.38. The largest absolute Gasteiger partial charge is 0.456 e. The van der Waals surface area contributed by atoms with Gasteiger partial charge < -0.3 is 9.15 Å². The second-order valence-corrected chi connectivity index (χ2v) is 8.63. The molecule has 0 unspecified atom stereocenters. The third-order valence-electron chi connectivity index (χ3n) is 6.43. The molecule has 1 aliphatic rings. The van der Waals surface area contributed by atoms with Gasteiger partial charge in [-0.15, -0.1) is 0 Å². The molecule has 0 spiro atoms. The van der Waals surface area contributed by atoms with Gasteiger partial charge in [0.25, 0.3) is 6.33 Å². The molecule has 0 amide bonds. The number of fused-ring (bicyclic) bond motifs is 5. The van der Waals surface area contributed by atoms with Crippen LogP contribution >= 0.6 is 0 Å². The fourth-order valence-corrected chi connectivity index (χ4v) is 4.85. The minimum Gasteiger partial charge on any atom is -0.456 e. The fourth-order valence-electron chi connectivity index (χ4n) is 4.85. The van der Waals surface area contributed by atoms with Crippen molar-refractivity contribution in [2.45, 2.75) is 33.6 Å². The first-order valence-electron chi connectivity index (χ1n) is 10.4. The highest BCUT2D eigenvalue weighted by molar-refractivity contribution is 6.13. The van der Waals surface area contributed by atoms with Crippen LogP contribution in [0.4, 0.5) is 0 Å². The molecule has 4 nitrogen and oxygen atoms in total. The van der Waals surface area contributed by atoms with E-state index in [-0.39, 0.29) is 0 Å². The molecule has 0 radical (unpaired) electrons. The minimum atomic E-state index is 0.399. The summed E-state index contributed by atoms with van der Waals surface area (Å²) >= 11 is 0. The summed E-state index contributed by atoms with van der Waals surface area (Å²) in [4.78, 5) is 4.72. The van der Waals surface area contributed by atoms with Gasteiger partial charge in [-0.25, -0.2) is 4.57 Å². The lowest BCUT2D eigenvalue weighted by atomic mass is 9.90. The van der Waals surface area contributed by atoms with Gasteiger partial charge >= 0.3 is 0 Å². The Balaban J connectivity index is 1.82. The number of ether oxygens (including phenoxy) is 1. The van der Waals surface area contributed by atoms with Crippen molar-refractivity contribution in [1.29, 1.82) is 0 Å². The quantitative estimate of drug-likeness (QED) is 0.299. The monoisotopic (exact) mass is 395 g/mol. The molecule has 1 aliphatic heterocycles. The van der Waals surface area contributed by atoms with E-state index in [1.807, 2.05) is 18.5 Å². The Bertz CT molecular complexity index is 1530. The van der Waals surface area contributed by atoms with Crippen molar-refractivity contribution >= 4 is 32.8 Å². The van der Waals surface area contributed by atoms with Crippen molar-refractivity contribution in [3.63, 3.8) is 0 Å². The lowest BCUT2D eigenvalue weighted by Crippen LogP contribution is -2.33. The zero-order valence-corrected chi connectivity index (χ0v) is 17.8. The van der Waals surface area contributed by atoms with Crippen LogP contribution in [0.2, 0.25) is 0 Å². The van der Waals surface area contributed by atoms with Crippen molar-refractivity contribution in [3.05, 3.63) is 59.4 Å². The van der Waals surface area contributed by atoms with Crippen molar-refractivity contribution < 1.29 is 13.7 Å². The number of para-hydroxylation sites is 1. The fraction of sp³-hybridized carbons (Fsp3) is 0.231. The van der Waals surface area contributed by atoms with Crippen LogP contribution in [0.15, 0.2) is 47.1 Å². The average molecular weight is 395 g/mol. The van der Waals surface area contributed by atoms with Gasteiger partial charge in [0.15, 0.2) is 11.2 Å². The van der Waals surface area contributed by atoms with E-state index < -0.39 is 0 Å². The number of aryl methyl sites for hydroxylation is 3. The predicted octanol–water partition coefficient (Wildman–Crippen LogP) is 6.47. The molecule has 5 aromatic rings. The third kappa shape index (κ3) is 2.11. The molecule has 6 rings (SSSR count). The van der Waals surface area contributed by atoms with Gasteiger partial charge in [-0.3, -0.25) is 0 Å². The summed E-state index contributed by atoms with van der Waals surface area (Å²) in [6.45, 7) is 8.66. The lowest BCUT2D eigenvalue weighted by Gasteiger charge is -2.24. The smallest absolute Gasteiger partial charge is 0.287 e. The average Bonchev–Trinajstić information content (AvgIpc) is 3.13. The highest BCUT2D eigenvalue weighted by Gasteiger charge is 2.33. The van der Waals surface area contributed by atoms with E-state index in [1.165, 1.54) is 11.1 Å². The number of rotatable bonds is 1. The zero-order valence-electron chi connectivity index (χ0n) is 17.8. The highest BCUT2D eigenvalue weighted by Crippen LogP contribution is 2.51. The summed E-state index contributed by atoms with van der Waals surface area (Å²) < 4.78 is 15.0. The molecule has 3 heterocycles. The number of benzene rings is 3. The molecule has 0 saturated carbocycles. The number of nitrogens with zero attached hydrogens (tertiary/aromatic N) is 2. The molecule has 30 heavy (non-hydrogen) atoms. The molecule has 0 atom stereocenters. The van der Waals surface area contributed by atoms with Crippen molar-refractivity contribution in [3.8, 4) is 22.8 Å². The lowest BCUT2D eigenvalue weighted by molar-refractivity contribution is -0.662. The van der Waals surface area contributed by atoms with Crippen LogP contribution in [0.5, 0.6) is 11.5 Å². The molecule has 0 fully saturated rings. The van der Waals surface area contributed by atoms with Gasteiger partial charge in [-0.2, -0.15) is 0 Å². The van der Waals surface area contributed by atoms with Crippen molar-refractivity contribution in [2.75, 3.05) is 0 Å². The Kier molecular flexibility index (Phi) is 3.39. The zero-order chi connectivity index (χ0) is 20.7. The van der Waals surface area contributed by atoms with E-state index in [1.54, 1.807) is 0 Å². The molecule has 0 saturated heterocycles. The molecule has 3 aromatic carbocycles. The normalized spacial score (nSPS) is 12.7. The van der Waals surface area contributed by atoms with Gasteiger partial charge in [0.1, 0.15) is 28.1 Å². The number of furan rings is 1. The van der Waals surface area contributed by atoms with Crippen LogP contribution in [0.3, 0.4) is 0 Å². The van der Waals surface area contributed by atoms with E-state index in [2.05, 4.69) is 63.6 Å². The summed E-state index contributed by atoms with van der Waals surface area (Å²) in [6.07, 6.45) is 1.91. The first kappa shape index (κ1) is 17.5. The second-order valence-electron chi connectivity index (χ2n) is 8.63. The standard InChI is InChI=1S/C26H23N2O2/c1-13(2)16-10-18-23-20(11-16)30-26-15(4)25-21(17-8-6-7-9-19(17)29-25)14(3)22(26)24(23)28(5)12-27-18/h6-13H,1-5H3/q+1. The van der Waals surface area contributed by atoms with E-state index >= 15 is 0 Å². The highest BCUT2D eigenvalue weighted by atomic mass is 16.5. The topological polar surface area (TPSA) is 39.1 Å². The minimum absolute atomic E-state index is 0.399. The van der Waals surface area contributed by atoms with E-state index in [9.17, 15) is 0 Å². The SMILES string of the molecule is Cc1c2c(c(C)c3c1oc1ccccc13)-c1c3c(cc(C(C)C)cc3nc[n+]1C)O2. The van der Waals surface area contributed by atoms with E-state index in [0.29, 0.717) is 5.92 Å². The van der Waals surface area contributed by atoms with Gasteiger partial charge in [0.05, 0.1) is 12.6 Å². The van der Waals surface area contributed by atoms with Gasteiger partial charge in [0.2, 0.25) is 0 Å².